The number of anilines is 1. The number of nitrogens with zero attached hydrogens (tertiary/aromatic N) is 3. The first-order chi connectivity index (χ1) is 9.78. The van der Waals surface area contributed by atoms with E-state index in [1.54, 1.807) is 4.90 Å². The lowest BCUT2D eigenvalue weighted by Crippen LogP contribution is -2.48. The lowest BCUT2D eigenvalue weighted by Gasteiger charge is -2.39. The van der Waals surface area contributed by atoms with Crippen LogP contribution in [0.15, 0.2) is 0 Å². The van der Waals surface area contributed by atoms with Crippen molar-refractivity contribution in [3.63, 3.8) is 0 Å². The van der Waals surface area contributed by atoms with Crippen LogP contribution in [-0.4, -0.2) is 34.4 Å². The smallest absolute Gasteiger partial charge is 0.445 e. The Labute approximate surface area is 123 Å². The maximum Gasteiger partial charge on any atom is 0.445 e. The topological polar surface area (TPSA) is 66.3 Å². The van der Waals surface area contributed by atoms with Crippen molar-refractivity contribution in [1.29, 1.82) is 0 Å². The Bertz CT molecular complexity index is 516. The second kappa shape index (κ2) is 5.78. The second-order valence-corrected chi connectivity index (χ2v) is 6.20. The normalized spacial score (nSPS) is 23.3. The number of piperidine rings is 1. The molecule has 0 amide bonds. The van der Waals surface area contributed by atoms with Crippen molar-refractivity contribution in [2.45, 2.75) is 38.8 Å². The Morgan fingerprint density at radius 1 is 1.48 bits per heavy atom. The summed E-state index contributed by atoms with van der Waals surface area (Å²) in [6.07, 6.45) is -2.14. The number of carbonyl (C=O) groups is 1. The van der Waals surface area contributed by atoms with Gasteiger partial charge < -0.3 is 10.0 Å². The van der Waals surface area contributed by atoms with Gasteiger partial charge in [-0.15, -0.1) is 10.2 Å². The van der Waals surface area contributed by atoms with E-state index in [1.165, 1.54) is 0 Å². The maximum atomic E-state index is 12.6. The molecule has 1 atom stereocenters. The van der Waals surface area contributed by atoms with Gasteiger partial charge in [-0.2, -0.15) is 13.2 Å². The molecule has 0 saturated carbocycles. The molecule has 118 valence electrons. The van der Waals surface area contributed by atoms with Crippen LogP contribution in [0.1, 0.15) is 37.6 Å². The first-order valence-electron chi connectivity index (χ1n) is 6.67. The zero-order chi connectivity index (χ0) is 15.7. The molecule has 1 N–H and O–H groups in total. The van der Waals surface area contributed by atoms with Crippen molar-refractivity contribution in [3.8, 4) is 0 Å². The fraction of sp³-hybridized carbons (Fsp3) is 0.750. The monoisotopic (exact) mass is 323 g/mol. The molecule has 1 aliphatic heterocycles. The first-order valence-corrected chi connectivity index (χ1v) is 7.49. The lowest BCUT2D eigenvalue weighted by atomic mass is 9.76. The van der Waals surface area contributed by atoms with Crippen LogP contribution in [0.25, 0.3) is 0 Å². The van der Waals surface area contributed by atoms with Crippen LogP contribution in [0.2, 0.25) is 0 Å². The summed E-state index contributed by atoms with van der Waals surface area (Å²) < 4.78 is 37.7. The molecular weight excluding hydrogens is 307 g/mol. The van der Waals surface area contributed by atoms with E-state index in [2.05, 4.69) is 10.2 Å². The highest BCUT2D eigenvalue weighted by molar-refractivity contribution is 7.15. The van der Waals surface area contributed by atoms with E-state index >= 15 is 0 Å². The molecular formula is C12H16F3N3O2S. The van der Waals surface area contributed by atoms with Gasteiger partial charge in [0, 0.05) is 13.1 Å². The number of aliphatic carboxylic acids is 1. The van der Waals surface area contributed by atoms with E-state index in [4.69, 9.17) is 0 Å². The average molecular weight is 323 g/mol. The SMILES string of the molecule is CCCC1(C(=O)O)CCCN(c2nnc(C(F)(F)F)s2)C1. The number of halogens is 3. The van der Waals surface area contributed by atoms with Crippen molar-refractivity contribution in [1.82, 2.24) is 10.2 Å². The predicted molar refractivity (Wildman–Crippen MR) is 71.3 cm³/mol. The van der Waals surface area contributed by atoms with Gasteiger partial charge in [-0.25, -0.2) is 0 Å². The molecule has 0 bridgehead atoms. The molecule has 2 heterocycles. The fourth-order valence-electron chi connectivity index (χ4n) is 2.72. The average Bonchev–Trinajstić information content (AvgIpc) is 2.88. The number of hydrogen-bond donors (Lipinski definition) is 1. The van der Waals surface area contributed by atoms with E-state index in [-0.39, 0.29) is 11.7 Å². The van der Waals surface area contributed by atoms with Crippen LogP contribution in [0.4, 0.5) is 18.3 Å². The minimum absolute atomic E-state index is 0.142. The molecule has 2 rings (SSSR count). The van der Waals surface area contributed by atoms with Crippen molar-refractivity contribution in [2.75, 3.05) is 18.0 Å². The third kappa shape index (κ3) is 3.28. The highest BCUT2D eigenvalue weighted by Gasteiger charge is 2.43. The van der Waals surface area contributed by atoms with Crippen LogP contribution >= 0.6 is 11.3 Å². The highest BCUT2D eigenvalue weighted by Crippen LogP contribution is 2.39. The van der Waals surface area contributed by atoms with E-state index in [0.717, 1.165) is 0 Å². The molecule has 0 aliphatic carbocycles. The molecule has 1 aromatic heterocycles. The summed E-state index contributed by atoms with van der Waals surface area (Å²) in [6.45, 7) is 2.59. The Morgan fingerprint density at radius 2 is 2.19 bits per heavy atom. The van der Waals surface area contributed by atoms with Crippen LogP contribution in [0.5, 0.6) is 0 Å². The zero-order valence-electron chi connectivity index (χ0n) is 11.5. The third-order valence-corrected chi connectivity index (χ3v) is 4.72. The number of carboxylic acids is 1. The van der Waals surface area contributed by atoms with Crippen molar-refractivity contribution in [3.05, 3.63) is 5.01 Å². The third-order valence-electron chi connectivity index (χ3n) is 3.69. The molecule has 0 aromatic carbocycles. The van der Waals surface area contributed by atoms with Gasteiger partial charge in [-0.05, 0) is 19.3 Å². The van der Waals surface area contributed by atoms with Gasteiger partial charge >= 0.3 is 12.1 Å². The lowest BCUT2D eigenvalue weighted by molar-refractivity contribution is -0.150. The second-order valence-electron chi connectivity index (χ2n) is 5.25. The predicted octanol–water partition coefficient (Wildman–Crippen LogP) is 3.03. The van der Waals surface area contributed by atoms with Crippen LogP contribution in [0, 0.1) is 5.41 Å². The summed E-state index contributed by atoms with van der Waals surface area (Å²) in [5, 5.41) is 15.4. The maximum absolute atomic E-state index is 12.6. The number of rotatable bonds is 4. The Balaban J connectivity index is 2.21. The molecule has 21 heavy (non-hydrogen) atoms. The van der Waals surface area contributed by atoms with Crippen LogP contribution < -0.4 is 4.90 Å². The summed E-state index contributed by atoms with van der Waals surface area (Å²) in [5.41, 5.74) is -0.906. The van der Waals surface area contributed by atoms with Gasteiger partial charge in [0.15, 0.2) is 0 Å². The number of alkyl halides is 3. The minimum Gasteiger partial charge on any atom is -0.481 e. The van der Waals surface area contributed by atoms with Gasteiger partial charge in [0.25, 0.3) is 0 Å². The molecule has 5 nitrogen and oxygen atoms in total. The van der Waals surface area contributed by atoms with E-state index in [9.17, 15) is 23.1 Å². The number of hydrogen-bond acceptors (Lipinski definition) is 5. The van der Waals surface area contributed by atoms with E-state index < -0.39 is 22.6 Å². The number of carboxylic acid groups (broad SMARTS) is 1. The van der Waals surface area contributed by atoms with Gasteiger partial charge in [0.2, 0.25) is 10.1 Å². The van der Waals surface area contributed by atoms with Crippen LogP contribution in [0.3, 0.4) is 0 Å². The molecule has 1 aromatic rings. The fourth-order valence-corrected chi connectivity index (χ4v) is 3.45. The standard InChI is InChI=1S/C12H16F3N3O2S/c1-2-4-11(9(19)20)5-3-6-18(7-11)10-17-16-8(21-10)12(13,14)15/h2-7H2,1H3,(H,19,20). The highest BCUT2D eigenvalue weighted by atomic mass is 32.1. The van der Waals surface area contributed by atoms with Crippen molar-refractivity contribution >= 4 is 22.4 Å². The Hall–Kier alpha value is -1.38. The Kier molecular flexibility index (Phi) is 4.40. The van der Waals surface area contributed by atoms with Gasteiger partial charge in [-0.1, -0.05) is 24.7 Å². The molecule has 1 aliphatic rings. The van der Waals surface area contributed by atoms with Crippen LogP contribution in [-0.2, 0) is 11.0 Å². The summed E-state index contributed by atoms with van der Waals surface area (Å²) in [4.78, 5) is 13.2. The van der Waals surface area contributed by atoms with Crippen molar-refractivity contribution in [2.24, 2.45) is 5.41 Å². The summed E-state index contributed by atoms with van der Waals surface area (Å²) in [6, 6.07) is 0. The van der Waals surface area contributed by atoms with Gasteiger partial charge in [0.05, 0.1) is 5.41 Å². The van der Waals surface area contributed by atoms with E-state index in [1.807, 2.05) is 6.92 Å². The Morgan fingerprint density at radius 3 is 2.71 bits per heavy atom. The van der Waals surface area contributed by atoms with Gasteiger partial charge in [0.1, 0.15) is 0 Å². The zero-order valence-corrected chi connectivity index (χ0v) is 12.3. The summed E-state index contributed by atoms with van der Waals surface area (Å²) in [7, 11) is 0. The van der Waals surface area contributed by atoms with Gasteiger partial charge in [-0.3, -0.25) is 4.79 Å². The molecule has 9 heteroatoms. The molecule has 1 fully saturated rings. The van der Waals surface area contributed by atoms with Crippen molar-refractivity contribution < 1.29 is 23.1 Å². The number of aromatic nitrogens is 2. The molecule has 0 radical (unpaired) electrons. The first kappa shape index (κ1) is 16.0. The minimum atomic E-state index is -4.51. The molecule has 0 spiro atoms. The molecule has 1 saturated heterocycles. The van der Waals surface area contributed by atoms with E-state index in [0.29, 0.717) is 43.6 Å². The summed E-state index contributed by atoms with van der Waals surface area (Å²) >= 11 is 0.463. The molecule has 1 unspecified atom stereocenters. The largest absolute Gasteiger partial charge is 0.481 e. The quantitative estimate of drug-likeness (QED) is 0.922. The summed E-state index contributed by atoms with van der Waals surface area (Å²) in [5.74, 6) is -0.894.